The summed E-state index contributed by atoms with van der Waals surface area (Å²) in [5.41, 5.74) is 4.15. The Bertz CT molecular complexity index is 964. The lowest BCUT2D eigenvalue weighted by molar-refractivity contribution is 0.123. The maximum atomic E-state index is 14.0. The van der Waals surface area contributed by atoms with Crippen molar-refractivity contribution in [2.75, 3.05) is 6.61 Å². The molecule has 150 valence electrons. The molecule has 0 spiro atoms. The fourth-order valence-corrected chi connectivity index (χ4v) is 2.88. The number of rotatable bonds is 8. The Labute approximate surface area is 170 Å². The van der Waals surface area contributed by atoms with Crippen molar-refractivity contribution in [3.8, 4) is 11.5 Å². The van der Waals surface area contributed by atoms with Gasteiger partial charge in [0.2, 0.25) is 0 Å². The van der Waals surface area contributed by atoms with Crippen LogP contribution in [0.2, 0.25) is 0 Å². The summed E-state index contributed by atoms with van der Waals surface area (Å²) >= 11 is 0. The van der Waals surface area contributed by atoms with Crippen molar-refractivity contribution in [3.63, 3.8) is 0 Å². The third-order valence-electron chi connectivity index (χ3n) is 4.77. The molecule has 3 rings (SSSR count). The fourth-order valence-electron chi connectivity index (χ4n) is 2.88. The second kappa shape index (κ2) is 9.99. The van der Waals surface area contributed by atoms with Crippen molar-refractivity contribution in [2.45, 2.75) is 26.9 Å². The van der Waals surface area contributed by atoms with Gasteiger partial charge in [0.15, 0.2) is 11.6 Å². The van der Waals surface area contributed by atoms with Crippen molar-refractivity contribution < 1.29 is 18.3 Å². The van der Waals surface area contributed by atoms with Crippen molar-refractivity contribution in [1.29, 1.82) is 0 Å². The van der Waals surface area contributed by atoms with Crippen molar-refractivity contribution in [3.05, 3.63) is 101 Å². The van der Waals surface area contributed by atoms with Crippen LogP contribution in [0.5, 0.6) is 11.5 Å². The lowest BCUT2D eigenvalue weighted by Gasteiger charge is -2.11. The largest absolute Gasteiger partial charge is 0.454 e. The molecule has 0 N–H and O–H groups in total. The highest BCUT2D eigenvalue weighted by atomic mass is 19.1. The Morgan fingerprint density at radius 2 is 1.59 bits per heavy atom. The molecule has 0 bridgehead atoms. The molecule has 0 aliphatic rings. The Hall–Kier alpha value is -2.98. The highest BCUT2D eigenvalue weighted by molar-refractivity contribution is 5.66. The predicted octanol–water partition coefficient (Wildman–Crippen LogP) is 7.16. The van der Waals surface area contributed by atoms with E-state index >= 15 is 0 Å². The topological polar surface area (TPSA) is 18.5 Å². The summed E-state index contributed by atoms with van der Waals surface area (Å²) in [5, 5.41) is 0. The van der Waals surface area contributed by atoms with Crippen molar-refractivity contribution in [2.24, 2.45) is 0 Å². The van der Waals surface area contributed by atoms with Crippen LogP contribution in [0.15, 0.2) is 78.4 Å². The molecule has 0 atom stereocenters. The van der Waals surface area contributed by atoms with Gasteiger partial charge in [-0.15, -0.1) is 0 Å². The van der Waals surface area contributed by atoms with E-state index in [4.69, 9.17) is 9.47 Å². The minimum atomic E-state index is -0.411. The highest BCUT2D eigenvalue weighted by Gasteiger charge is 2.07. The smallest absolute Gasteiger partial charge is 0.165 e. The van der Waals surface area contributed by atoms with Crippen LogP contribution < -0.4 is 4.74 Å². The zero-order valence-corrected chi connectivity index (χ0v) is 16.6. The molecule has 3 aromatic carbocycles. The van der Waals surface area contributed by atoms with Gasteiger partial charge in [0, 0.05) is 0 Å². The first-order valence-corrected chi connectivity index (χ1v) is 9.54. The van der Waals surface area contributed by atoms with Crippen LogP contribution in [0.25, 0.3) is 5.57 Å². The predicted molar refractivity (Wildman–Crippen MR) is 112 cm³/mol. The third-order valence-corrected chi connectivity index (χ3v) is 4.77. The van der Waals surface area contributed by atoms with Gasteiger partial charge in [-0.25, -0.2) is 8.78 Å². The van der Waals surface area contributed by atoms with E-state index in [2.05, 4.69) is 0 Å². The highest BCUT2D eigenvalue weighted by Crippen LogP contribution is 2.26. The molecule has 0 saturated carbocycles. The Kier molecular flexibility index (Phi) is 7.14. The van der Waals surface area contributed by atoms with Crippen molar-refractivity contribution in [1.82, 2.24) is 0 Å². The summed E-state index contributed by atoms with van der Waals surface area (Å²) in [6, 6.07) is 20.3. The molecule has 0 aliphatic heterocycles. The minimum absolute atomic E-state index is 0.181. The summed E-state index contributed by atoms with van der Waals surface area (Å²) in [6.45, 7) is 4.98. The molecule has 0 aromatic heterocycles. The van der Waals surface area contributed by atoms with E-state index < -0.39 is 5.82 Å². The Balaban J connectivity index is 1.54. The molecule has 4 heteroatoms. The van der Waals surface area contributed by atoms with Crippen LogP contribution in [0, 0.1) is 11.6 Å². The molecule has 0 fully saturated rings. The molecular formula is C25H24F2O2. The number of hydrogen-bond donors (Lipinski definition) is 0. The SMILES string of the molecule is CC(CCOCc1ccc(F)c(Oc2ccccc2)c1)=C(C)c1ccc(F)cc1. The quantitative estimate of drug-likeness (QED) is 0.378. The van der Waals surface area contributed by atoms with Gasteiger partial charge in [-0.05, 0) is 73.4 Å². The normalized spacial score (nSPS) is 11.9. The van der Waals surface area contributed by atoms with E-state index in [0.717, 1.165) is 23.1 Å². The zero-order chi connectivity index (χ0) is 20.6. The first-order valence-electron chi connectivity index (χ1n) is 9.54. The lowest BCUT2D eigenvalue weighted by atomic mass is 10.0. The Morgan fingerprint density at radius 1 is 0.862 bits per heavy atom. The van der Waals surface area contributed by atoms with Crippen LogP contribution in [0.3, 0.4) is 0 Å². The van der Waals surface area contributed by atoms with Gasteiger partial charge >= 0.3 is 0 Å². The second-order valence-electron chi connectivity index (χ2n) is 6.89. The van der Waals surface area contributed by atoms with Crippen molar-refractivity contribution >= 4 is 5.57 Å². The molecule has 3 aromatic rings. The minimum Gasteiger partial charge on any atom is -0.454 e. The van der Waals surface area contributed by atoms with Crippen LogP contribution in [-0.4, -0.2) is 6.61 Å². The molecule has 29 heavy (non-hydrogen) atoms. The first kappa shape index (κ1) is 20.7. The van der Waals surface area contributed by atoms with Crippen LogP contribution >= 0.6 is 0 Å². The van der Waals surface area contributed by atoms with Gasteiger partial charge in [-0.1, -0.05) is 42.0 Å². The van der Waals surface area contributed by atoms with Gasteiger partial charge < -0.3 is 9.47 Å². The summed E-state index contributed by atoms with van der Waals surface area (Å²) in [4.78, 5) is 0. The van der Waals surface area contributed by atoms with Gasteiger partial charge in [0.25, 0.3) is 0 Å². The van der Waals surface area contributed by atoms with E-state index in [-0.39, 0.29) is 11.6 Å². The number of hydrogen-bond acceptors (Lipinski definition) is 2. The van der Waals surface area contributed by atoms with Gasteiger partial charge in [-0.3, -0.25) is 0 Å². The number of allylic oxidation sites excluding steroid dienone is 1. The Morgan fingerprint density at radius 3 is 2.31 bits per heavy atom. The van der Waals surface area contributed by atoms with E-state index in [1.807, 2.05) is 32.0 Å². The van der Waals surface area contributed by atoms with E-state index in [0.29, 0.717) is 19.0 Å². The van der Waals surface area contributed by atoms with Gasteiger partial charge in [-0.2, -0.15) is 0 Å². The number of ether oxygens (including phenoxy) is 2. The van der Waals surface area contributed by atoms with Crippen LogP contribution in [0.4, 0.5) is 8.78 Å². The monoisotopic (exact) mass is 394 g/mol. The summed E-state index contributed by atoms with van der Waals surface area (Å²) in [7, 11) is 0. The first-order chi connectivity index (χ1) is 14.0. The zero-order valence-electron chi connectivity index (χ0n) is 16.6. The molecule has 2 nitrogen and oxygen atoms in total. The maximum Gasteiger partial charge on any atom is 0.165 e. The third kappa shape index (κ3) is 6.00. The molecular weight excluding hydrogens is 370 g/mol. The maximum absolute atomic E-state index is 14.0. The molecule has 0 saturated heterocycles. The van der Waals surface area contributed by atoms with Crippen LogP contribution in [0.1, 0.15) is 31.4 Å². The molecule has 0 heterocycles. The second-order valence-corrected chi connectivity index (χ2v) is 6.89. The summed E-state index contributed by atoms with van der Waals surface area (Å²) in [5.74, 6) is 0.116. The average Bonchev–Trinajstić information content (AvgIpc) is 2.74. The van der Waals surface area contributed by atoms with E-state index in [9.17, 15) is 8.78 Å². The molecule has 0 aliphatic carbocycles. The molecule has 0 unspecified atom stereocenters. The molecule has 0 amide bonds. The molecule has 0 radical (unpaired) electrons. The van der Waals surface area contributed by atoms with E-state index in [1.54, 1.807) is 36.4 Å². The number of benzene rings is 3. The van der Waals surface area contributed by atoms with E-state index in [1.165, 1.54) is 23.8 Å². The summed E-state index contributed by atoms with van der Waals surface area (Å²) in [6.07, 6.45) is 0.762. The van der Waals surface area contributed by atoms with Crippen LogP contribution in [-0.2, 0) is 11.3 Å². The summed E-state index contributed by atoms with van der Waals surface area (Å²) < 4.78 is 38.5. The van der Waals surface area contributed by atoms with Gasteiger partial charge in [0.1, 0.15) is 11.6 Å². The average molecular weight is 394 g/mol. The fraction of sp³-hybridized carbons (Fsp3) is 0.200. The lowest BCUT2D eigenvalue weighted by Crippen LogP contribution is -1.98. The van der Waals surface area contributed by atoms with Gasteiger partial charge in [0.05, 0.1) is 13.2 Å². The number of halogens is 2. The standard InChI is InChI=1S/C25H24F2O2/c1-18(19(2)21-9-11-22(26)12-10-21)14-15-28-17-20-8-13-24(27)25(16-20)29-23-6-4-3-5-7-23/h3-13,16H,14-15,17H2,1-2H3. The number of para-hydroxylation sites is 1.